The third kappa shape index (κ3) is 5.38. The van der Waals surface area contributed by atoms with Crippen LogP contribution in [-0.2, 0) is 14.8 Å². The molecule has 6 nitrogen and oxygen atoms in total. The highest BCUT2D eigenvalue weighted by molar-refractivity contribution is 7.91. The van der Waals surface area contributed by atoms with Crippen molar-refractivity contribution in [3.63, 3.8) is 0 Å². The Balaban J connectivity index is 2.36. The molecule has 0 aromatic carbocycles. The fourth-order valence-electron chi connectivity index (χ4n) is 1.38. The second-order valence-corrected chi connectivity index (χ2v) is 6.91. The molecule has 104 valence electrons. The van der Waals surface area contributed by atoms with E-state index in [1.165, 1.54) is 12.1 Å². The third-order valence-corrected chi connectivity index (χ3v) is 5.26. The van der Waals surface area contributed by atoms with E-state index in [4.69, 9.17) is 10.4 Å². The predicted octanol–water partition coefficient (Wildman–Crippen LogP) is 1.54. The van der Waals surface area contributed by atoms with E-state index in [-0.39, 0.29) is 17.2 Å². The molecule has 0 fully saturated rings. The van der Waals surface area contributed by atoms with Gasteiger partial charge in [-0.05, 0) is 25.0 Å². The number of hydrogen-bond donors (Lipinski definition) is 2. The van der Waals surface area contributed by atoms with Gasteiger partial charge in [0.05, 0.1) is 0 Å². The number of carboxylic acid groups (broad SMARTS) is 1. The molecule has 1 aromatic heterocycles. The Morgan fingerprint density at radius 1 is 1.37 bits per heavy atom. The molecule has 0 aliphatic heterocycles. The van der Waals surface area contributed by atoms with E-state index >= 15 is 0 Å². The van der Waals surface area contributed by atoms with E-state index < -0.39 is 16.0 Å². The highest BCUT2D eigenvalue weighted by Crippen LogP contribution is 2.20. The minimum Gasteiger partial charge on any atom is -0.481 e. The van der Waals surface area contributed by atoms with E-state index in [0.29, 0.717) is 24.1 Å². The van der Waals surface area contributed by atoms with Crippen LogP contribution < -0.4 is 4.72 Å². The normalized spacial score (nSPS) is 11.1. The van der Waals surface area contributed by atoms with Crippen LogP contribution in [0.1, 0.15) is 30.6 Å². The average molecular weight is 302 g/mol. The Labute approximate surface area is 115 Å². The molecule has 1 rings (SSSR count). The van der Waals surface area contributed by atoms with Crippen molar-refractivity contribution in [2.75, 3.05) is 6.54 Å². The second kappa shape index (κ2) is 7.23. The van der Waals surface area contributed by atoms with Crippen molar-refractivity contribution in [3.05, 3.63) is 17.0 Å². The van der Waals surface area contributed by atoms with Crippen LogP contribution in [-0.4, -0.2) is 26.0 Å². The molecule has 0 radical (unpaired) electrons. The van der Waals surface area contributed by atoms with Crippen molar-refractivity contribution in [2.45, 2.75) is 29.9 Å². The van der Waals surface area contributed by atoms with E-state index in [9.17, 15) is 13.2 Å². The molecule has 0 saturated carbocycles. The topological polar surface area (TPSA) is 107 Å². The molecule has 0 amide bonds. The highest BCUT2D eigenvalue weighted by atomic mass is 32.2. The smallest absolute Gasteiger partial charge is 0.303 e. The van der Waals surface area contributed by atoms with E-state index in [2.05, 4.69) is 4.72 Å². The summed E-state index contributed by atoms with van der Waals surface area (Å²) in [5.74, 6) is -0.844. The minimum absolute atomic E-state index is 0.100. The average Bonchev–Trinajstić information content (AvgIpc) is 2.82. The van der Waals surface area contributed by atoms with Crippen LogP contribution in [0.25, 0.3) is 0 Å². The third-order valence-electron chi connectivity index (χ3n) is 2.32. The van der Waals surface area contributed by atoms with Gasteiger partial charge >= 0.3 is 5.97 Å². The van der Waals surface area contributed by atoms with Crippen LogP contribution in [0.5, 0.6) is 0 Å². The molecule has 1 heterocycles. The Kier molecular flexibility index (Phi) is 5.95. The van der Waals surface area contributed by atoms with Gasteiger partial charge in [0, 0.05) is 13.0 Å². The summed E-state index contributed by atoms with van der Waals surface area (Å²) >= 11 is 0.923. The summed E-state index contributed by atoms with van der Waals surface area (Å²) in [5, 5.41) is 17.1. The van der Waals surface area contributed by atoms with E-state index in [0.717, 1.165) is 11.3 Å². The van der Waals surface area contributed by atoms with Crippen LogP contribution in [0.3, 0.4) is 0 Å². The van der Waals surface area contributed by atoms with Crippen molar-refractivity contribution in [1.82, 2.24) is 4.72 Å². The molecule has 0 aliphatic rings. The van der Waals surface area contributed by atoms with Gasteiger partial charge in [0.1, 0.15) is 15.2 Å². The summed E-state index contributed by atoms with van der Waals surface area (Å²) in [5.41, 5.74) is 0. The molecule has 0 unspecified atom stereocenters. The van der Waals surface area contributed by atoms with Crippen molar-refractivity contribution in [1.29, 1.82) is 5.26 Å². The van der Waals surface area contributed by atoms with Gasteiger partial charge in [-0.15, -0.1) is 11.3 Å². The van der Waals surface area contributed by atoms with Gasteiger partial charge in [-0.25, -0.2) is 13.1 Å². The Bertz CT molecular complexity index is 572. The Morgan fingerprint density at radius 3 is 2.68 bits per heavy atom. The molecule has 0 bridgehead atoms. The number of nitrogens with zero attached hydrogens (tertiary/aromatic N) is 1. The molecule has 1 aromatic rings. The Morgan fingerprint density at radius 2 is 2.11 bits per heavy atom. The van der Waals surface area contributed by atoms with Gasteiger partial charge in [-0.3, -0.25) is 4.79 Å². The lowest BCUT2D eigenvalue weighted by Gasteiger charge is -2.03. The monoisotopic (exact) mass is 302 g/mol. The maximum atomic E-state index is 11.8. The number of hydrogen-bond acceptors (Lipinski definition) is 5. The van der Waals surface area contributed by atoms with Gasteiger partial charge in [0.2, 0.25) is 10.0 Å². The number of aliphatic carboxylic acids is 1. The van der Waals surface area contributed by atoms with Gasteiger partial charge in [-0.2, -0.15) is 5.26 Å². The number of unbranched alkanes of at least 4 members (excludes halogenated alkanes) is 2. The molecular weight excluding hydrogens is 288 g/mol. The fraction of sp³-hybridized carbons (Fsp3) is 0.455. The summed E-state index contributed by atoms with van der Waals surface area (Å²) in [6.45, 7) is 0.266. The van der Waals surface area contributed by atoms with Gasteiger partial charge in [0.25, 0.3) is 0 Å². The van der Waals surface area contributed by atoms with Crippen molar-refractivity contribution in [2.24, 2.45) is 0 Å². The maximum Gasteiger partial charge on any atom is 0.303 e. The Hall–Kier alpha value is -1.43. The molecular formula is C11H14N2O4S2. The van der Waals surface area contributed by atoms with Gasteiger partial charge < -0.3 is 5.11 Å². The number of nitrogens with one attached hydrogen (secondary N) is 1. The number of rotatable bonds is 8. The first-order valence-electron chi connectivity index (χ1n) is 5.67. The van der Waals surface area contributed by atoms with Crippen LogP contribution in [0.15, 0.2) is 16.3 Å². The van der Waals surface area contributed by atoms with Crippen molar-refractivity contribution >= 4 is 27.3 Å². The maximum absolute atomic E-state index is 11.8. The first kappa shape index (κ1) is 15.6. The molecule has 0 saturated heterocycles. The van der Waals surface area contributed by atoms with Crippen LogP contribution in [0.2, 0.25) is 0 Å². The fourth-order valence-corrected chi connectivity index (χ4v) is 3.60. The van der Waals surface area contributed by atoms with Crippen molar-refractivity contribution < 1.29 is 18.3 Å². The zero-order chi connectivity index (χ0) is 14.3. The van der Waals surface area contributed by atoms with Crippen LogP contribution in [0, 0.1) is 11.3 Å². The van der Waals surface area contributed by atoms with E-state index in [1.54, 1.807) is 0 Å². The lowest BCUT2D eigenvalue weighted by molar-refractivity contribution is -0.137. The number of thiophene rings is 1. The van der Waals surface area contributed by atoms with Crippen molar-refractivity contribution in [3.8, 4) is 6.07 Å². The zero-order valence-corrected chi connectivity index (χ0v) is 11.8. The molecule has 19 heavy (non-hydrogen) atoms. The summed E-state index contributed by atoms with van der Waals surface area (Å²) in [4.78, 5) is 10.6. The zero-order valence-electron chi connectivity index (χ0n) is 10.1. The quantitative estimate of drug-likeness (QED) is 0.708. The first-order chi connectivity index (χ1) is 8.95. The SMILES string of the molecule is N#Cc1ccc(S(=O)(=O)NCCCCCC(=O)O)s1. The first-order valence-corrected chi connectivity index (χ1v) is 7.97. The molecule has 8 heteroatoms. The number of carboxylic acids is 1. The standard InChI is InChI=1S/C11H14N2O4S2/c12-8-9-5-6-11(18-9)19(16,17)13-7-3-1-2-4-10(14)15/h5-6,13H,1-4,7H2,(H,14,15). The number of nitriles is 1. The lowest BCUT2D eigenvalue weighted by Crippen LogP contribution is -2.23. The highest BCUT2D eigenvalue weighted by Gasteiger charge is 2.15. The minimum atomic E-state index is -3.55. The molecule has 0 spiro atoms. The number of carbonyl (C=O) groups is 1. The second-order valence-electron chi connectivity index (χ2n) is 3.83. The number of sulfonamides is 1. The largest absolute Gasteiger partial charge is 0.481 e. The van der Waals surface area contributed by atoms with Crippen LogP contribution in [0.4, 0.5) is 0 Å². The van der Waals surface area contributed by atoms with Gasteiger partial charge in [-0.1, -0.05) is 6.42 Å². The summed E-state index contributed by atoms with van der Waals surface area (Å²) in [6.07, 6.45) is 1.88. The molecule has 2 N–H and O–H groups in total. The summed E-state index contributed by atoms with van der Waals surface area (Å²) in [7, 11) is -3.55. The predicted molar refractivity (Wildman–Crippen MR) is 70.3 cm³/mol. The molecule has 0 aliphatic carbocycles. The van der Waals surface area contributed by atoms with E-state index in [1.807, 2.05) is 6.07 Å². The molecule has 0 atom stereocenters. The summed E-state index contributed by atoms with van der Waals surface area (Å²) < 4.78 is 26.1. The van der Waals surface area contributed by atoms with Crippen LogP contribution >= 0.6 is 11.3 Å². The van der Waals surface area contributed by atoms with Gasteiger partial charge in [0.15, 0.2) is 0 Å². The summed E-state index contributed by atoms with van der Waals surface area (Å²) in [6, 6.07) is 4.75. The lowest BCUT2D eigenvalue weighted by atomic mass is 10.2.